The fourth-order valence-electron chi connectivity index (χ4n) is 1.73. The van der Waals surface area contributed by atoms with Crippen molar-refractivity contribution in [3.05, 3.63) is 27.1 Å². The number of likely N-dealkylation sites (N-methyl/N-ethyl adjacent to an activating group) is 1. The molecule has 1 aromatic rings. The van der Waals surface area contributed by atoms with Gasteiger partial charge >= 0.3 is 0 Å². The molecule has 6 nitrogen and oxygen atoms in total. The maximum absolute atomic E-state index is 11.9. The van der Waals surface area contributed by atoms with Crippen LogP contribution in [0.5, 0.6) is 11.5 Å². The van der Waals surface area contributed by atoms with Crippen LogP contribution in [0.25, 0.3) is 6.08 Å². The number of rotatable bonds is 4. The average Bonchev–Trinajstić information content (AvgIpc) is 2.74. The minimum atomic E-state index is -0.342. The van der Waals surface area contributed by atoms with E-state index in [9.17, 15) is 9.59 Å². The monoisotopic (exact) mass is 382 g/mol. The summed E-state index contributed by atoms with van der Waals surface area (Å²) >= 11 is 4.26. The van der Waals surface area contributed by atoms with Gasteiger partial charge in [-0.05, 0) is 35.5 Å². The maximum atomic E-state index is 11.9. The summed E-state index contributed by atoms with van der Waals surface area (Å²) in [5.74, 6) is 0.503. The number of hydrogen-bond acceptors (Lipinski definition) is 6. The molecule has 1 aromatic carbocycles. The number of halogens is 1. The Bertz CT molecular complexity index is 712. The van der Waals surface area contributed by atoms with Crippen LogP contribution in [-0.4, -0.2) is 36.8 Å². The van der Waals surface area contributed by atoms with E-state index >= 15 is 0 Å². The first-order chi connectivity index (χ1) is 10.5. The molecular weight excluding hydrogens is 372 g/mol. The Morgan fingerprint density at radius 2 is 2.14 bits per heavy atom. The lowest BCUT2D eigenvalue weighted by Crippen LogP contribution is -2.22. The molecule has 2 rings (SSSR count). The SMILES string of the molecule is COc1cc(/C=C2\SC(=O)N(C)C2=O)c(Br)cc1OCC#N. The van der Waals surface area contributed by atoms with Crippen molar-refractivity contribution in [2.24, 2.45) is 0 Å². The van der Waals surface area contributed by atoms with E-state index in [1.807, 2.05) is 6.07 Å². The highest BCUT2D eigenvalue weighted by atomic mass is 79.9. The van der Waals surface area contributed by atoms with Gasteiger partial charge in [-0.25, -0.2) is 0 Å². The zero-order valence-corrected chi connectivity index (χ0v) is 14.2. The second kappa shape index (κ2) is 6.85. The van der Waals surface area contributed by atoms with Crippen molar-refractivity contribution in [2.75, 3.05) is 20.8 Å². The molecule has 0 saturated carbocycles. The smallest absolute Gasteiger partial charge is 0.293 e. The summed E-state index contributed by atoms with van der Waals surface area (Å²) in [4.78, 5) is 24.8. The van der Waals surface area contributed by atoms with E-state index in [4.69, 9.17) is 14.7 Å². The molecule has 0 atom stereocenters. The number of ether oxygens (including phenoxy) is 2. The lowest BCUT2D eigenvalue weighted by atomic mass is 10.2. The van der Waals surface area contributed by atoms with E-state index in [-0.39, 0.29) is 17.8 Å². The first-order valence-corrected chi connectivity index (χ1v) is 7.67. The van der Waals surface area contributed by atoms with E-state index in [1.165, 1.54) is 14.2 Å². The molecule has 114 valence electrons. The van der Waals surface area contributed by atoms with Crippen LogP contribution in [-0.2, 0) is 4.79 Å². The summed E-state index contributed by atoms with van der Waals surface area (Å²) < 4.78 is 11.1. The number of nitriles is 1. The van der Waals surface area contributed by atoms with Gasteiger partial charge in [0, 0.05) is 11.5 Å². The second-order valence-corrected chi connectivity index (χ2v) is 6.06. The Morgan fingerprint density at radius 1 is 1.41 bits per heavy atom. The van der Waals surface area contributed by atoms with E-state index in [2.05, 4.69) is 15.9 Å². The van der Waals surface area contributed by atoms with E-state index in [0.29, 0.717) is 26.4 Å². The van der Waals surface area contributed by atoms with Crippen molar-refractivity contribution in [1.82, 2.24) is 4.90 Å². The third-order valence-electron chi connectivity index (χ3n) is 2.85. The maximum Gasteiger partial charge on any atom is 0.293 e. The van der Waals surface area contributed by atoms with Crippen molar-refractivity contribution in [3.63, 3.8) is 0 Å². The van der Waals surface area contributed by atoms with Crippen molar-refractivity contribution in [1.29, 1.82) is 5.26 Å². The fourth-order valence-corrected chi connectivity index (χ4v) is 2.99. The van der Waals surface area contributed by atoms with Gasteiger partial charge in [-0.15, -0.1) is 0 Å². The van der Waals surface area contributed by atoms with Gasteiger partial charge in [-0.2, -0.15) is 5.26 Å². The number of benzene rings is 1. The Labute approximate surface area is 139 Å². The van der Waals surface area contributed by atoms with Crippen molar-refractivity contribution < 1.29 is 19.1 Å². The van der Waals surface area contributed by atoms with Crippen LogP contribution in [0.15, 0.2) is 21.5 Å². The van der Waals surface area contributed by atoms with Crippen LogP contribution < -0.4 is 9.47 Å². The molecule has 22 heavy (non-hydrogen) atoms. The number of nitrogens with zero attached hydrogens (tertiary/aromatic N) is 2. The number of methoxy groups -OCH3 is 1. The van der Waals surface area contributed by atoms with E-state index in [0.717, 1.165) is 16.7 Å². The van der Waals surface area contributed by atoms with Crippen molar-refractivity contribution >= 4 is 44.9 Å². The van der Waals surface area contributed by atoms with Gasteiger partial charge in [-0.1, -0.05) is 15.9 Å². The summed E-state index contributed by atoms with van der Waals surface area (Å²) in [7, 11) is 2.92. The molecule has 1 aliphatic heterocycles. The largest absolute Gasteiger partial charge is 0.493 e. The Morgan fingerprint density at radius 3 is 2.68 bits per heavy atom. The van der Waals surface area contributed by atoms with E-state index < -0.39 is 0 Å². The summed E-state index contributed by atoms with van der Waals surface area (Å²) in [5.41, 5.74) is 0.667. The quantitative estimate of drug-likeness (QED) is 0.744. The molecule has 8 heteroatoms. The van der Waals surface area contributed by atoms with Gasteiger partial charge in [0.1, 0.15) is 6.07 Å². The highest BCUT2D eigenvalue weighted by Crippen LogP contribution is 2.37. The van der Waals surface area contributed by atoms with Crippen LogP contribution in [0.2, 0.25) is 0 Å². The summed E-state index contributed by atoms with van der Waals surface area (Å²) in [6.07, 6.45) is 1.61. The standard InChI is InChI=1S/C14H11BrN2O4S/c1-17-13(18)12(22-14(17)19)6-8-5-10(20-2)11(7-9(8)15)21-4-3-16/h5-7H,4H2,1-2H3/b12-6-. The molecule has 0 aliphatic carbocycles. The topological polar surface area (TPSA) is 79.6 Å². The van der Waals surface area contributed by atoms with Gasteiger partial charge in [-0.3, -0.25) is 14.5 Å². The predicted molar refractivity (Wildman–Crippen MR) is 85.5 cm³/mol. The summed E-state index contributed by atoms with van der Waals surface area (Å²) in [6.45, 7) is -0.100. The average molecular weight is 383 g/mol. The summed E-state index contributed by atoms with van der Waals surface area (Å²) in [5, 5.41) is 8.26. The number of thioether (sulfide) groups is 1. The Kier molecular flexibility index (Phi) is 5.11. The van der Waals surface area contributed by atoms with Gasteiger partial charge in [0.25, 0.3) is 11.1 Å². The third kappa shape index (κ3) is 3.26. The van der Waals surface area contributed by atoms with Gasteiger partial charge in [0.15, 0.2) is 18.1 Å². The van der Waals surface area contributed by atoms with Crippen molar-refractivity contribution in [3.8, 4) is 17.6 Å². The minimum Gasteiger partial charge on any atom is -0.493 e. The van der Waals surface area contributed by atoms with Gasteiger partial charge in [0.05, 0.1) is 12.0 Å². The molecule has 0 bridgehead atoms. The normalized spacial score (nSPS) is 16.1. The van der Waals surface area contributed by atoms with Crippen LogP contribution in [0, 0.1) is 11.3 Å². The molecule has 1 aliphatic rings. The molecule has 1 heterocycles. The molecular formula is C14H11BrN2O4S. The second-order valence-electron chi connectivity index (χ2n) is 4.21. The lowest BCUT2D eigenvalue weighted by molar-refractivity contribution is -0.121. The third-order valence-corrected chi connectivity index (χ3v) is 4.50. The highest BCUT2D eigenvalue weighted by molar-refractivity contribution is 9.10. The number of carbonyl (C=O) groups excluding carboxylic acids is 2. The highest BCUT2D eigenvalue weighted by Gasteiger charge is 2.32. The minimum absolute atomic E-state index is 0.100. The molecule has 0 spiro atoms. The van der Waals surface area contributed by atoms with Crippen LogP contribution in [0.4, 0.5) is 4.79 Å². The molecule has 1 fully saturated rings. The molecule has 0 unspecified atom stereocenters. The van der Waals surface area contributed by atoms with E-state index in [1.54, 1.807) is 18.2 Å². The summed E-state index contributed by atoms with van der Waals surface area (Å²) in [6, 6.07) is 5.20. The van der Waals surface area contributed by atoms with Crippen molar-refractivity contribution in [2.45, 2.75) is 0 Å². The lowest BCUT2D eigenvalue weighted by Gasteiger charge is -2.11. The van der Waals surface area contributed by atoms with Crippen LogP contribution in [0.1, 0.15) is 5.56 Å². The van der Waals surface area contributed by atoms with Crippen LogP contribution >= 0.6 is 27.7 Å². The van der Waals surface area contributed by atoms with Gasteiger partial charge < -0.3 is 9.47 Å². The number of carbonyl (C=O) groups is 2. The van der Waals surface area contributed by atoms with Crippen LogP contribution in [0.3, 0.4) is 0 Å². The molecule has 0 aromatic heterocycles. The predicted octanol–water partition coefficient (Wildman–Crippen LogP) is 3.03. The number of imide groups is 1. The first kappa shape index (κ1) is 16.4. The zero-order valence-electron chi connectivity index (χ0n) is 11.8. The van der Waals surface area contributed by atoms with Gasteiger partial charge in [0.2, 0.25) is 0 Å². The molecule has 2 amide bonds. The fraction of sp³-hybridized carbons (Fsp3) is 0.214. The zero-order chi connectivity index (χ0) is 16.3. The molecule has 0 N–H and O–H groups in total. The number of amides is 2. The Hall–Kier alpha value is -1.98. The molecule has 0 radical (unpaired) electrons. The Balaban J connectivity index is 2.39. The molecule has 1 saturated heterocycles. The number of hydrogen-bond donors (Lipinski definition) is 0. The first-order valence-electron chi connectivity index (χ1n) is 6.06.